The highest BCUT2D eigenvalue weighted by atomic mass is 35.5. The van der Waals surface area contributed by atoms with Crippen LogP contribution in [0.5, 0.6) is 0 Å². The maximum Gasteiger partial charge on any atom is 0.0810 e. The smallest absolute Gasteiger partial charge is 0.0810 e. The second kappa shape index (κ2) is 8.17. The highest BCUT2D eigenvalue weighted by molar-refractivity contribution is 6.30. The molecule has 1 fully saturated rings. The Hall–Kier alpha value is -0.570. The molecule has 0 aliphatic heterocycles. The van der Waals surface area contributed by atoms with E-state index in [1.807, 2.05) is 18.2 Å². The predicted octanol–water partition coefficient (Wildman–Crippen LogP) is 4.95. The Balaban J connectivity index is 2.00. The lowest BCUT2D eigenvalue weighted by atomic mass is 9.93. The van der Waals surface area contributed by atoms with E-state index in [0.717, 1.165) is 30.0 Å². The number of halogens is 1. The maximum atomic E-state index is 6.42. The molecule has 1 N–H and O–H groups in total. The summed E-state index contributed by atoms with van der Waals surface area (Å²) in [5.74, 6) is 0. The molecular formula is C18H28ClNO. The molecule has 1 aliphatic rings. The fourth-order valence-electron chi connectivity index (χ4n) is 3.00. The second-order valence-corrected chi connectivity index (χ2v) is 6.99. The van der Waals surface area contributed by atoms with Crippen LogP contribution in [0.3, 0.4) is 0 Å². The summed E-state index contributed by atoms with van der Waals surface area (Å²) in [7, 11) is 0. The van der Waals surface area contributed by atoms with E-state index in [9.17, 15) is 0 Å². The molecule has 1 aliphatic carbocycles. The van der Waals surface area contributed by atoms with E-state index in [1.54, 1.807) is 0 Å². The lowest BCUT2D eigenvalue weighted by molar-refractivity contribution is -0.0665. The van der Waals surface area contributed by atoms with Crippen molar-refractivity contribution in [3.05, 3.63) is 34.9 Å². The topological polar surface area (TPSA) is 21.3 Å². The number of benzene rings is 1. The van der Waals surface area contributed by atoms with Gasteiger partial charge in [-0.25, -0.2) is 0 Å². The molecular weight excluding hydrogens is 282 g/mol. The molecule has 2 nitrogen and oxygen atoms in total. The number of ether oxygens (including phenoxy) is 1. The van der Waals surface area contributed by atoms with Gasteiger partial charge in [0.25, 0.3) is 0 Å². The molecule has 1 aromatic carbocycles. The van der Waals surface area contributed by atoms with Gasteiger partial charge < -0.3 is 10.1 Å². The van der Waals surface area contributed by atoms with Crippen LogP contribution in [0.25, 0.3) is 0 Å². The number of rotatable bonds is 6. The lowest BCUT2D eigenvalue weighted by Gasteiger charge is -2.34. The van der Waals surface area contributed by atoms with Gasteiger partial charge >= 0.3 is 0 Å². The Labute approximate surface area is 134 Å². The van der Waals surface area contributed by atoms with E-state index in [-0.39, 0.29) is 5.60 Å². The normalized spacial score (nSPS) is 18.7. The molecule has 0 atom stereocenters. The number of hydrogen-bond donors (Lipinski definition) is 1. The first-order chi connectivity index (χ1) is 10.1. The van der Waals surface area contributed by atoms with Gasteiger partial charge in [-0.15, -0.1) is 0 Å². The molecule has 0 unspecified atom stereocenters. The van der Waals surface area contributed by atoms with Gasteiger partial charge in [0.05, 0.1) is 12.2 Å². The largest absolute Gasteiger partial charge is 0.369 e. The Kier molecular flexibility index (Phi) is 6.53. The van der Waals surface area contributed by atoms with E-state index < -0.39 is 0 Å². The van der Waals surface area contributed by atoms with Crippen LogP contribution in [0, 0.1) is 0 Å². The van der Waals surface area contributed by atoms with Crippen LogP contribution in [0.2, 0.25) is 5.02 Å². The third-order valence-corrected chi connectivity index (χ3v) is 4.52. The van der Waals surface area contributed by atoms with Crippen LogP contribution in [0.4, 0.5) is 0 Å². The fourth-order valence-corrected chi connectivity index (χ4v) is 3.21. The molecule has 2 rings (SSSR count). The summed E-state index contributed by atoms with van der Waals surface area (Å²) < 4.78 is 6.42. The fraction of sp³-hybridized carbons (Fsp3) is 0.667. The standard InChI is InChI=1S/C18H28ClNO/c1-15(2)20-14-18(10-5-3-4-6-11-18)21-13-16-8-7-9-17(19)12-16/h7-9,12,15,20H,3-6,10-11,13-14H2,1-2H3. The molecule has 0 radical (unpaired) electrons. The first-order valence-electron chi connectivity index (χ1n) is 8.21. The molecule has 0 bridgehead atoms. The predicted molar refractivity (Wildman–Crippen MR) is 89.8 cm³/mol. The first kappa shape index (κ1) is 16.8. The van der Waals surface area contributed by atoms with Crippen molar-refractivity contribution >= 4 is 11.6 Å². The highest BCUT2D eigenvalue weighted by Crippen LogP contribution is 2.31. The van der Waals surface area contributed by atoms with Crippen LogP contribution in [-0.2, 0) is 11.3 Å². The van der Waals surface area contributed by atoms with Gasteiger partial charge in [-0.1, -0.05) is 63.3 Å². The Bertz CT molecular complexity index is 425. The summed E-state index contributed by atoms with van der Waals surface area (Å²) in [6.07, 6.45) is 7.54. The van der Waals surface area contributed by atoms with E-state index in [1.165, 1.54) is 25.7 Å². The molecule has 1 aromatic rings. The molecule has 0 saturated heterocycles. The van der Waals surface area contributed by atoms with Crippen molar-refractivity contribution < 1.29 is 4.74 Å². The minimum Gasteiger partial charge on any atom is -0.369 e. The quantitative estimate of drug-likeness (QED) is 0.751. The zero-order valence-corrected chi connectivity index (χ0v) is 14.1. The van der Waals surface area contributed by atoms with Crippen LogP contribution < -0.4 is 5.32 Å². The van der Waals surface area contributed by atoms with Crippen molar-refractivity contribution in [1.82, 2.24) is 5.32 Å². The summed E-state index contributed by atoms with van der Waals surface area (Å²) in [4.78, 5) is 0. The van der Waals surface area contributed by atoms with Gasteiger partial charge in [-0.05, 0) is 30.5 Å². The molecule has 0 spiro atoms. The molecule has 0 amide bonds. The lowest BCUT2D eigenvalue weighted by Crippen LogP contribution is -2.44. The van der Waals surface area contributed by atoms with Gasteiger partial charge in [-0.3, -0.25) is 0 Å². The minimum absolute atomic E-state index is 0.0108. The summed E-state index contributed by atoms with van der Waals surface area (Å²) in [5, 5.41) is 4.36. The average molecular weight is 310 g/mol. The molecule has 118 valence electrons. The van der Waals surface area contributed by atoms with Gasteiger partial charge in [0.2, 0.25) is 0 Å². The van der Waals surface area contributed by atoms with Crippen molar-refractivity contribution in [1.29, 1.82) is 0 Å². The van der Waals surface area contributed by atoms with E-state index in [4.69, 9.17) is 16.3 Å². The van der Waals surface area contributed by atoms with Crippen molar-refractivity contribution in [2.45, 2.75) is 70.6 Å². The monoisotopic (exact) mass is 309 g/mol. The molecule has 0 heterocycles. The van der Waals surface area contributed by atoms with Crippen LogP contribution in [0.15, 0.2) is 24.3 Å². The molecule has 21 heavy (non-hydrogen) atoms. The average Bonchev–Trinajstić information content (AvgIpc) is 2.69. The van der Waals surface area contributed by atoms with Gasteiger partial charge in [0.1, 0.15) is 0 Å². The third kappa shape index (κ3) is 5.61. The number of nitrogens with one attached hydrogen (secondary N) is 1. The van der Waals surface area contributed by atoms with Crippen molar-refractivity contribution in [3.63, 3.8) is 0 Å². The first-order valence-corrected chi connectivity index (χ1v) is 8.59. The van der Waals surface area contributed by atoms with Crippen LogP contribution >= 0.6 is 11.6 Å². The van der Waals surface area contributed by atoms with Gasteiger partial charge in [-0.2, -0.15) is 0 Å². The summed E-state index contributed by atoms with van der Waals surface area (Å²) >= 11 is 6.06. The number of hydrogen-bond acceptors (Lipinski definition) is 2. The summed E-state index contributed by atoms with van der Waals surface area (Å²) in [6, 6.07) is 8.49. The van der Waals surface area contributed by atoms with E-state index >= 15 is 0 Å². The summed E-state index contributed by atoms with van der Waals surface area (Å²) in [5.41, 5.74) is 1.15. The van der Waals surface area contributed by atoms with Crippen molar-refractivity contribution in [2.75, 3.05) is 6.54 Å². The van der Waals surface area contributed by atoms with Crippen LogP contribution in [0.1, 0.15) is 57.9 Å². The molecule has 3 heteroatoms. The molecule has 1 saturated carbocycles. The van der Waals surface area contributed by atoms with Crippen LogP contribution in [-0.4, -0.2) is 18.2 Å². The minimum atomic E-state index is -0.0108. The Morgan fingerprint density at radius 2 is 1.90 bits per heavy atom. The van der Waals surface area contributed by atoms with Crippen molar-refractivity contribution in [3.8, 4) is 0 Å². The maximum absolute atomic E-state index is 6.42. The van der Waals surface area contributed by atoms with Gasteiger partial charge in [0, 0.05) is 17.6 Å². The Morgan fingerprint density at radius 1 is 1.19 bits per heavy atom. The second-order valence-electron chi connectivity index (χ2n) is 6.55. The highest BCUT2D eigenvalue weighted by Gasteiger charge is 2.31. The van der Waals surface area contributed by atoms with E-state index in [0.29, 0.717) is 12.6 Å². The van der Waals surface area contributed by atoms with Crippen molar-refractivity contribution in [2.24, 2.45) is 0 Å². The van der Waals surface area contributed by atoms with E-state index in [2.05, 4.69) is 25.2 Å². The Morgan fingerprint density at radius 3 is 2.52 bits per heavy atom. The zero-order chi connectivity index (χ0) is 15.1. The third-order valence-electron chi connectivity index (χ3n) is 4.28. The SMILES string of the molecule is CC(C)NCC1(OCc2cccc(Cl)c2)CCCCCC1. The zero-order valence-electron chi connectivity index (χ0n) is 13.3. The van der Waals surface area contributed by atoms with Gasteiger partial charge in [0.15, 0.2) is 0 Å². The summed E-state index contributed by atoms with van der Waals surface area (Å²) in [6.45, 7) is 5.99. The molecule has 0 aromatic heterocycles.